The molecule has 0 bridgehead atoms. The van der Waals surface area contributed by atoms with Crippen LogP contribution in [0.2, 0.25) is 5.02 Å². The summed E-state index contributed by atoms with van der Waals surface area (Å²) in [6.45, 7) is 8.07. The van der Waals surface area contributed by atoms with Crippen molar-refractivity contribution in [2.45, 2.75) is 39.0 Å². The SMILES string of the molecule is C[C@@H]1CN(CC(=O)N[C@@H](C)c2ccc(Cl)cc2)C[C@H](C)O1. The Kier molecular flexibility index (Phi) is 5.62. The van der Waals surface area contributed by atoms with Crippen LogP contribution in [0.5, 0.6) is 0 Å². The zero-order chi connectivity index (χ0) is 15.4. The van der Waals surface area contributed by atoms with Crippen molar-refractivity contribution >= 4 is 17.5 Å². The van der Waals surface area contributed by atoms with Crippen molar-refractivity contribution in [1.82, 2.24) is 10.2 Å². The Morgan fingerprint density at radius 2 is 1.90 bits per heavy atom. The third-order valence-electron chi connectivity index (χ3n) is 3.61. The molecule has 1 aromatic rings. The maximum absolute atomic E-state index is 12.2. The van der Waals surface area contributed by atoms with Crippen molar-refractivity contribution in [3.05, 3.63) is 34.9 Å². The first-order valence-electron chi connectivity index (χ1n) is 7.36. The summed E-state index contributed by atoms with van der Waals surface area (Å²) in [4.78, 5) is 14.3. The minimum absolute atomic E-state index is 0.0225. The van der Waals surface area contributed by atoms with Crippen molar-refractivity contribution in [3.8, 4) is 0 Å². The third-order valence-corrected chi connectivity index (χ3v) is 3.86. The Bertz CT molecular complexity index is 468. The molecular formula is C16H23ClN2O2. The molecule has 0 aliphatic carbocycles. The Labute approximate surface area is 131 Å². The molecule has 1 fully saturated rings. The summed E-state index contributed by atoms with van der Waals surface area (Å²) >= 11 is 5.87. The summed E-state index contributed by atoms with van der Waals surface area (Å²) in [5.41, 5.74) is 1.05. The van der Waals surface area contributed by atoms with Crippen LogP contribution in [-0.4, -0.2) is 42.6 Å². The fourth-order valence-corrected chi connectivity index (χ4v) is 2.86. The van der Waals surface area contributed by atoms with Crippen LogP contribution in [0.3, 0.4) is 0 Å². The maximum atomic E-state index is 12.2. The predicted molar refractivity (Wildman–Crippen MR) is 84.5 cm³/mol. The molecule has 1 aliphatic heterocycles. The van der Waals surface area contributed by atoms with Gasteiger partial charge in [-0.15, -0.1) is 0 Å². The molecule has 0 spiro atoms. The standard InChI is InChI=1S/C16H23ClN2O2/c1-11-8-19(9-12(2)21-11)10-16(20)18-13(3)14-4-6-15(17)7-5-14/h4-7,11-13H,8-10H2,1-3H3,(H,18,20)/t11-,12+,13-/m0/s1. The molecule has 1 amide bonds. The summed E-state index contributed by atoms with van der Waals surface area (Å²) in [5.74, 6) is 0.0405. The van der Waals surface area contributed by atoms with Gasteiger partial charge in [0.25, 0.3) is 0 Å². The smallest absolute Gasteiger partial charge is 0.234 e. The highest BCUT2D eigenvalue weighted by molar-refractivity contribution is 6.30. The van der Waals surface area contributed by atoms with Gasteiger partial charge < -0.3 is 10.1 Å². The van der Waals surface area contributed by atoms with Crippen LogP contribution in [0, 0.1) is 0 Å². The number of ether oxygens (including phenoxy) is 1. The number of morpholine rings is 1. The van der Waals surface area contributed by atoms with Crippen LogP contribution in [0.1, 0.15) is 32.4 Å². The summed E-state index contributed by atoms with van der Waals surface area (Å²) in [6, 6.07) is 7.53. The molecule has 2 rings (SSSR count). The first kappa shape index (κ1) is 16.3. The number of nitrogens with one attached hydrogen (secondary N) is 1. The van der Waals surface area contributed by atoms with Crippen LogP contribution in [0.4, 0.5) is 0 Å². The molecule has 0 saturated carbocycles. The molecule has 21 heavy (non-hydrogen) atoms. The van der Waals surface area contributed by atoms with E-state index in [4.69, 9.17) is 16.3 Å². The van der Waals surface area contributed by atoms with E-state index in [1.54, 1.807) is 0 Å². The lowest BCUT2D eigenvalue weighted by Crippen LogP contribution is -2.49. The van der Waals surface area contributed by atoms with Crippen molar-refractivity contribution in [2.24, 2.45) is 0 Å². The summed E-state index contributed by atoms with van der Waals surface area (Å²) in [6.07, 6.45) is 0.352. The first-order chi connectivity index (χ1) is 9.94. The zero-order valence-corrected chi connectivity index (χ0v) is 13.6. The highest BCUT2D eigenvalue weighted by Crippen LogP contribution is 2.16. The number of carbonyl (C=O) groups is 1. The number of hydrogen-bond donors (Lipinski definition) is 1. The zero-order valence-electron chi connectivity index (χ0n) is 12.8. The Balaban J connectivity index is 1.85. The van der Waals surface area contributed by atoms with Gasteiger partial charge in [-0.3, -0.25) is 9.69 Å². The quantitative estimate of drug-likeness (QED) is 0.929. The van der Waals surface area contributed by atoms with Gasteiger partial charge in [-0.25, -0.2) is 0 Å². The van der Waals surface area contributed by atoms with E-state index in [0.29, 0.717) is 11.6 Å². The molecule has 1 aliphatic rings. The molecule has 1 N–H and O–H groups in total. The third kappa shape index (κ3) is 4.99. The van der Waals surface area contributed by atoms with Gasteiger partial charge in [0.05, 0.1) is 24.8 Å². The highest BCUT2D eigenvalue weighted by Gasteiger charge is 2.24. The summed E-state index contributed by atoms with van der Waals surface area (Å²) in [7, 11) is 0. The Morgan fingerprint density at radius 1 is 1.33 bits per heavy atom. The van der Waals surface area contributed by atoms with Crippen LogP contribution in [0.15, 0.2) is 24.3 Å². The molecular weight excluding hydrogens is 288 g/mol. The van der Waals surface area contributed by atoms with Gasteiger partial charge in [-0.2, -0.15) is 0 Å². The molecule has 116 valence electrons. The van der Waals surface area contributed by atoms with Crippen molar-refractivity contribution in [1.29, 1.82) is 0 Å². The lowest BCUT2D eigenvalue weighted by molar-refractivity contribution is -0.126. The van der Waals surface area contributed by atoms with Gasteiger partial charge in [0.1, 0.15) is 0 Å². The molecule has 1 saturated heterocycles. The monoisotopic (exact) mass is 310 g/mol. The van der Waals surface area contributed by atoms with E-state index in [-0.39, 0.29) is 24.2 Å². The average molecular weight is 311 g/mol. The second kappa shape index (κ2) is 7.25. The maximum Gasteiger partial charge on any atom is 0.234 e. The van der Waals surface area contributed by atoms with E-state index in [9.17, 15) is 4.79 Å². The number of rotatable bonds is 4. The van der Waals surface area contributed by atoms with Gasteiger partial charge in [0.2, 0.25) is 5.91 Å². The number of halogens is 1. The van der Waals surface area contributed by atoms with Gasteiger partial charge in [-0.1, -0.05) is 23.7 Å². The fraction of sp³-hybridized carbons (Fsp3) is 0.562. The lowest BCUT2D eigenvalue weighted by atomic mass is 10.1. The van der Waals surface area contributed by atoms with Crippen LogP contribution >= 0.6 is 11.6 Å². The topological polar surface area (TPSA) is 41.6 Å². The molecule has 0 aromatic heterocycles. The van der Waals surface area contributed by atoms with E-state index in [1.165, 1.54) is 0 Å². The van der Waals surface area contributed by atoms with Crippen molar-refractivity contribution in [2.75, 3.05) is 19.6 Å². The molecule has 0 unspecified atom stereocenters. The molecule has 3 atom stereocenters. The van der Waals surface area contributed by atoms with Gasteiger partial charge >= 0.3 is 0 Å². The number of amides is 1. The van der Waals surface area contributed by atoms with Gasteiger partial charge in [-0.05, 0) is 38.5 Å². The normalized spacial score (nSPS) is 24.6. The van der Waals surface area contributed by atoms with E-state index >= 15 is 0 Å². The van der Waals surface area contributed by atoms with E-state index < -0.39 is 0 Å². The Morgan fingerprint density at radius 3 is 2.48 bits per heavy atom. The van der Waals surface area contributed by atoms with Crippen molar-refractivity contribution in [3.63, 3.8) is 0 Å². The minimum atomic E-state index is -0.0225. The number of benzene rings is 1. The molecule has 4 nitrogen and oxygen atoms in total. The van der Waals surface area contributed by atoms with Crippen molar-refractivity contribution < 1.29 is 9.53 Å². The summed E-state index contributed by atoms with van der Waals surface area (Å²) in [5, 5.41) is 3.73. The molecule has 0 radical (unpaired) electrons. The van der Waals surface area contributed by atoms with E-state index in [2.05, 4.69) is 10.2 Å². The number of hydrogen-bond acceptors (Lipinski definition) is 3. The first-order valence-corrected chi connectivity index (χ1v) is 7.74. The Hall–Kier alpha value is -1.10. The summed E-state index contributed by atoms with van der Waals surface area (Å²) < 4.78 is 5.67. The van der Waals surface area contributed by atoms with Crippen LogP contribution in [0.25, 0.3) is 0 Å². The van der Waals surface area contributed by atoms with Gasteiger partial charge in [0, 0.05) is 18.1 Å². The molecule has 1 heterocycles. The van der Waals surface area contributed by atoms with Gasteiger partial charge in [0.15, 0.2) is 0 Å². The molecule has 5 heteroatoms. The largest absolute Gasteiger partial charge is 0.373 e. The molecule has 1 aromatic carbocycles. The highest BCUT2D eigenvalue weighted by atomic mass is 35.5. The number of nitrogens with zero attached hydrogens (tertiary/aromatic N) is 1. The number of carbonyl (C=O) groups excluding carboxylic acids is 1. The minimum Gasteiger partial charge on any atom is -0.373 e. The average Bonchev–Trinajstić information content (AvgIpc) is 2.37. The second-order valence-electron chi connectivity index (χ2n) is 5.79. The van der Waals surface area contributed by atoms with Crippen LogP contribution in [-0.2, 0) is 9.53 Å². The lowest BCUT2D eigenvalue weighted by Gasteiger charge is -2.35. The van der Waals surface area contributed by atoms with E-state index in [1.807, 2.05) is 45.0 Å². The second-order valence-corrected chi connectivity index (χ2v) is 6.23. The van der Waals surface area contributed by atoms with E-state index in [0.717, 1.165) is 18.7 Å². The fourth-order valence-electron chi connectivity index (χ4n) is 2.74. The predicted octanol–water partition coefficient (Wildman–Crippen LogP) is 2.63. The van der Waals surface area contributed by atoms with Crippen LogP contribution < -0.4 is 5.32 Å².